The second kappa shape index (κ2) is 14.2. The molecule has 5 rings (SSSR count). The lowest BCUT2D eigenvalue weighted by Crippen LogP contribution is -2.50. The van der Waals surface area contributed by atoms with E-state index in [9.17, 15) is 5.11 Å². The van der Waals surface area contributed by atoms with Crippen LogP contribution in [0.15, 0.2) is 103 Å². The number of nitrogens with zero attached hydrogens (tertiary/aromatic N) is 2. The summed E-state index contributed by atoms with van der Waals surface area (Å²) in [5.41, 5.74) is 4.51. The molecule has 1 fully saturated rings. The van der Waals surface area contributed by atoms with E-state index < -0.39 is 5.60 Å². The Kier molecular flexibility index (Phi) is 10.2. The van der Waals surface area contributed by atoms with Crippen molar-refractivity contribution in [2.75, 3.05) is 44.2 Å². The Labute approximate surface area is 256 Å². The number of ether oxygens (including phenoxy) is 1. The van der Waals surface area contributed by atoms with E-state index in [2.05, 4.69) is 96.4 Å². The van der Waals surface area contributed by atoms with E-state index in [1.807, 2.05) is 30.3 Å². The molecule has 0 amide bonds. The molecule has 1 aliphatic rings. The second-order valence-corrected chi connectivity index (χ2v) is 11.9. The molecule has 0 spiro atoms. The lowest BCUT2D eigenvalue weighted by atomic mass is 9.73. The molecule has 0 saturated carbocycles. The topological polar surface area (TPSA) is 35.9 Å². The average Bonchev–Trinajstić information content (AvgIpc) is 3.02. The third-order valence-electron chi connectivity index (χ3n) is 8.54. The van der Waals surface area contributed by atoms with Crippen LogP contribution in [0.3, 0.4) is 0 Å². The van der Waals surface area contributed by atoms with Crippen molar-refractivity contribution >= 4 is 17.3 Å². The largest absolute Gasteiger partial charge is 0.494 e. The molecule has 220 valence electrons. The van der Waals surface area contributed by atoms with Gasteiger partial charge in [-0.1, -0.05) is 104 Å². The van der Waals surface area contributed by atoms with Crippen LogP contribution in [0, 0.1) is 6.92 Å². The van der Waals surface area contributed by atoms with Crippen molar-refractivity contribution in [1.82, 2.24) is 4.90 Å². The number of rotatable bonds is 12. The molecule has 2 atom stereocenters. The highest BCUT2D eigenvalue weighted by Gasteiger charge is 2.41. The molecule has 0 aromatic heterocycles. The van der Waals surface area contributed by atoms with E-state index in [4.69, 9.17) is 16.3 Å². The van der Waals surface area contributed by atoms with Gasteiger partial charge in [0.1, 0.15) is 11.4 Å². The van der Waals surface area contributed by atoms with E-state index in [0.29, 0.717) is 13.0 Å². The van der Waals surface area contributed by atoms with E-state index in [0.717, 1.165) is 73.0 Å². The van der Waals surface area contributed by atoms with E-state index >= 15 is 0 Å². The fraction of sp³-hybridized carbons (Fsp3) is 0.351. The fourth-order valence-electron chi connectivity index (χ4n) is 6.08. The number of aryl methyl sites for hydroxylation is 1. The Morgan fingerprint density at radius 1 is 0.857 bits per heavy atom. The third-order valence-corrected chi connectivity index (χ3v) is 8.78. The van der Waals surface area contributed by atoms with Gasteiger partial charge in [-0.25, -0.2) is 0 Å². The highest BCUT2D eigenvalue weighted by atomic mass is 35.5. The molecule has 1 heterocycles. The van der Waals surface area contributed by atoms with Gasteiger partial charge in [0.05, 0.1) is 6.61 Å². The van der Waals surface area contributed by atoms with Crippen molar-refractivity contribution in [3.8, 4) is 5.75 Å². The predicted octanol–water partition coefficient (Wildman–Crippen LogP) is 7.86. The maximum absolute atomic E-state index is 12.9. The summed E-state index contributed by atoms with van der Waals surface area (Å²) in [6.45, 7) is 9.45. The molecule has 5 heteroatoms. The molecular weight excluding hydrogens is 540 g/mol. The summed E-state index contributed by atoms with van der Waals surface area (Å²) < 4.78 is 5.96. The maximum Gasteiger partial charge on any atom is 0.119 e. The Bertz CT molecular complexity index is 1390. The van der Waals surface area contributed by atoms with Crippen LogP contribution in [0.5, 0.6) is 5.75 Å². The van der Waals surface area contributed by atoms with Crippen LogP contribution in [-0.4, -0.2) is 49.3 Å². The summed E-state index contributed by atoms with van der Waals surface area (Å²) >= 11 is 6.34. The molecule has 42 heavy (non-hydrogen) atoms. The minimum atomic E-state index is -1.12. The molecule has 1 N–H and O–H groups in total. The molecule has 4 nitrogen and oxygen atoms in total. The Morgan fingerprint density at radius 3 is 2.19 bits per heavy atom. The number of piperazine rings is 1. The normalized spacial score (nSPS) is 16.1. The number of halogens is 1. The summed E-state index contributed by atoms with van der Waals surface area (Å²) in [5.74, 6) is 0.711. The summed E-state index contributed by atoms with van der Waals surface area (Å²) in [6, 6.07) is 35.1. The van der Waals surface area contributed by atoms with Crippen molar-refractivity contribution in [3.05, 3.63) is 130 Å². The average molecular weight is 583 g/mol. The number of aliphatic hydroxyl groups is 1. The zero-order chi connectivity index (χ0) is 29.4. The van der Waals surface area contributed by atoms with Gasteiger partial charge in [-0.3, -0.25) is 4.90 Å². The number of benzene rings is 4. The Balaban J connectivity index is 1.43. The zero-order valence-corrected chi connectivity index (χ0v) is 25.6. The first-order valence-electron chi connectivity index (χ1n) is 15.2. The first-order chi connectivity index (χ1) is 20.5. The summed E-state index contributed by atoms with van der Waals surface area (Å²) in [6.07, 6.45) is 2.64. The minimum Gasteiger partial charge on any atom is -0.494 e. The van der Waals surface area contributed by atoms with Crippen LogP contribution in [-0.2, 0) is 12.0 Å². The zero-order valence-electron chi connectivity index (χ0n) is 24.9. The molecule has 0 radical (unpaired) electrons. The molecule has 0 bridgehead atoms. The van der Waals surface area contributed by atoms with Crippen LogP contribution in [0.2, 0.25) is 5.02 Å². The van der Waals surface area contributed by atoms with Crippen LogP contribution in [0.1, 0.15) is 47.9 Å². The van der Waals surface area contributed by atoms with Crippen molar-refractivity contribution in [1.29, 1.82) is 0 Å². The van der Waals surface area contributed by atoms with Crippen molar-refractivity contribution < 1.29 is 9.84 Å². The highest BCUT2D eigenvalue weighted by molar-refractivity contribution is 6.30. The molecular formula is C37H43ClN2O2. The standard InChI is InChI=1S/C37H43ClN2O2/c1-3-4-25-42-34-19-16-32(17-20-34)37(41,27-30-11-7-5-8-12-30)35(31-13-9-6-10-14-31)28-39-21-23-40(24-22-39)36-26-33(38)18-15-29(36)2/h5-20,26,35,41H,3-4,21-25,27-28H2,1-2H3/t35-,37+/m0/s1. The maximum atomic E-state index is 12.9. The van der Waals surface area contributed by atoms with Gasteiger partial charge in [-0.2, -0.15) is 0 Å². The number of hydrogen-bond donors (Lipinski definition) is 1. The van der Waals surface area contributed by atoms with Gasteiger partial charge in [0.2, 0.25) is 0 Å². The molecule has 4 aromatic carbocycles. The second-order valence-electron chi connectivity index (χ2n) is 11.5. The molecule has 4 aromatic rings. The first kappa shape index (κ1) is 30.2. The smallest absolute Gasteiger partial charge is 0.119 e. The minimum absolute atomic E-state index is 0.134. The molecule has 0 unspecified atom stereocenters. The molecule has 0 aliphatic carbocycles. The monoisotopic (exact) mass is 582 g/mol. The van der Waals surface area contributed by atoms with Crippen LogP contribution >= 0.6 is 11.6 Å². The Morgan fingerprint density at radius 2 is 1.52 bits per heavy atom. The van der Waals surface area contributed by atoms with Gasteiger partial charge in [0.25, 0.3) is 0 Å². The fourth-order valence-corrected chi connectivity index (χ4v) is 6.24. The lowest BCUT2D eigenvalue weighted by molar-refractivity contribution is -0.00554. The van der Waals surface area contributed by atoms with Gasteiger partial charge in [-0.15, -0.1) is 0 Å². The van der Waals surface area contributed by atoms with Gasteiger partial charge in [0.15, 0.2) is 0 Å². The predicted molar refractivity (Wildman–Crippen MR) is 175 cm³/mol. The number of anilines is 1. The van der Waals surface area contributed by atoms with Crippen LogP contribution < -0.4 is 9.64 Å². The summed E-state index contributed by atoms with van der Waals surface area (Å²) in [7, 11) is 0. The van der Waals surface area contributed by atoms with Crippen molar-refractivity contribution in [2.24, 2.45) is 0 Å². The van der Waals surface area contributed by atoms with Gasteiger partial charge < -0.3 is 14.7 Å². The summed E-state index contributed by atoms with van der Waals surface area (Å²) in [4.78, 5) is 4.94. The van der Waals surface area contributed by atoms with E-state index in [1.165, 1.54) is 11.3 Å². The number of unbranched alkanes of at least 4 members (excludes halogenated alkanes) is 1. The van der Waals surface area contributed by atoms with E-state index in [1.54, 1.807) is 0 Å². The quantitative estimate of drug-likeness (QED) is 0.172. The van der Waals surface area contributed by atoms with Crippen LogP contribution in [0.25, 0.3) is 0 Å². The lowest BCUT2D eigenvalue weighted by Gasteiger charge is -2.43. The SMILES string of the molecule is CCCCOc1ccc([C@](O)(Cc2ccccc2)[C@@H](CN2CCN(c3cc(Cl)ccc3C)CC2)c2ccccc2)cc1. The van der Waals surface area contributed by atoms with E-state index in [-0.39, 0.29) is 5.92 Å². The third kappa shape index (κ3) is 7.36. The van der Waals surface area contributed by atoms with Gasteiger partial charge in [0, 0.05) is 55.8 Å². The summed E-state index contributed by atoms with van der Waals surface area (Å²) in [5, 5.41) is 13.7. The van der Waals surface area contributed by atoms with Crippen LogP contribution in [0.4, 0.5) is 5.69 Å². The van der Waals surface area contributed by atoms with Gasteiger partial charge >= 0.3 is 0 Å². The molecule has 1 saturated heterocycles. The number of hydrogen-bond acceptors (Lipinski definition) is 4. The highest BCUT2D eigenvalue weighted by Crippen LogP contribution is 2.41. The van der Waals surface area contributed by atoms with Crippen molar-refractivity contribution in [2.45, 2.75) is 44.6 Å². The molecule has 1 aliphatic heterocycles. The van der Waals surface area contributed by atoms with Crippen molar-refractivity contribution in [3.63, 3.8) is 0 Å². The Hall–Kier alpha value is -3.31. The first-order valence-corrected chi connectivity index (χ1v) is 15.6. The van der Waals surface area contributed by atoms with Gasteiger partial charge in [-0.05, 0) is 59.9 Å².